The predicted molar refractivity (Wildman–Crippen MR) is 256 cm³/mol. The fourth-order valence-electron chi connectivity index (χ4n) is 9.16. The highest BCUT2D eigenvalue weighted by Crippen LogP contribution is 2.47. The number of fused-ring (bicyclic) bond motifs is 7. The lowest BCUT2D eigenvalue weighted by Gasteiger charge is -2.15. The second kappa shape index (κ2) is 14.7. The first kappa shape index (κ1) is 35.5. The van der Waals surface area contributed by atoms with Gasteiger partial charge in [0.25, 0.3) is 0 Å². The van der Waals surface area contributed by atoms with Gasteiger partial charge in [0, 0.05) is 49.6 Å². The highest BCUT2D eigenvalue weighted by Gasteiger charge is 2.25. The van der Waals surface area contributed by atoms with Crippen molar-refractivity contribution in [3.05, 3.63) is 224 Å². The van der Waals surface area contributed by atoms with E-state index in [9.17, 15) is 0 Å². The second-order valence-electron chi connectivity index (χ2n) is 15.6. The van der Waals surface area contributed by atoms with Crippen molar-refractivity contribution >= 4 is 43.6 Å². The van der Waals surface area contributed by atoms with Crippen LogP contribution in [0, 0.1) is 0 Å². The molecule has 0 saturated carbocycles. The molecule has 62 heavy (non-hydrogen) atoms. The lowest BCUT2D eigenvalue weighted by molar-refractivity contribution is 1.07. The lowest BCUT2D eigenvalue weighted by atomic mass is 9.95. The minimum atomic E-state index is 0.624. The summed E-state index contributed by atoms with van der Waals surface area (Å²) in [7, 11) is 0. The van der Waals surface area contributed by atoms with Crippen molar-refractivity contribution in [2.24, 2.45) is 0 Å². The summed E-state index contributed by atoms with van der Waals surface area (Å²) in [5.74, 6) is 1.90. The van der Waals surface area contributed by atoms with E-state index in [4.69, 9.17) is 15.0 Å². The maximum atomic E-state index is 5.12. The predicted octanol–water partition coefficient (Wildman–Crippen LogP) is 14.4. The molecular weight excluding hydrogens is 755 g/mol. The van der Waals surface area contributed by atoms with Gasteiger partial charge in [-0.1, -0.05) is 176 Å². The quantitative estimate of drug-likeness (QED) is 0.162. The summed E-state index contributed by atoms with van der Waals surface area (Å²) in [6.07, 6.45) is 0. The summed E-state index contributed by atoms with van der Waals surface area (Å²) in [5, 5.41) is 4.73. The highest BCUT2D eigenvalue weighted by atomic mass is 15.1. The van der Waals surface area contributed by atoms with Crippen molar-refractivity contribution in [2.45, 2.75) is 0 Å². The molecule has 0 N–H and O–H groups in total. The molecule has 5 heteroatoms. The molecule has 3 heterocycles. The average Bonchev–Trinajstić information content (AvgIpc) is 3.88. The maximum Gasteiger partial charge on any atom is 0.164 e. The van der Waals surface area contributed by atoms with Gasteiger partial charge in [0.1, 0.15) is 0 Å². The third-order valence-electron chi connectivity index (χ3n) is 11.9. The molecule has 9 aromatic carbocycles. The van der Waals surface area contributed by atoms with E-state index in [-0.39, 0.29) is 0 Å². The molecule has 0 atom stereocenters. The van der Waals surface area contributed by atoms with E-state index in [1.165, 1.54) is 32.7 Å². The van der Waals surface area contributed by atoms with Crippen molar-refractivity contribution in [1.29, 1.82) is 0 Å². The minimum absolute atomic E-state index is 0.624. The number of nitrogens with zero attached hydrogens (tertiary/aromatic N) is 5. The standard InChI is InChI=1S/C57H37N5/c1-5-19-38(20-6-1)41-25-18-30-45(36-41)62-50-33-15-13-31-46(50)49-37-48(52-47-32-14-16-34-51(47)61(54(52)53(49)62)44-28-11-4-12-29-44)42-26-17-27-43(35-42)57-59-55(39-21-7-2-8-22-39)58-56(60-57)40-23-9-3-10-24-40/h1-37H. The molecule has 0 aliphatic heterocycles. The van der Waals surface area contributed by atoms with Crippen LogP contribution >= 0.6 is 0 Å². The Bertz CT molecular complexity index is 3550. The van der Waals surface area contributed by atoms with Gasteiger partial charge in [-0.3, -0.25) is 0 Å². The summed E-state index contributed by atoms with van der Waals surface area (Å²) in [6, 6.07) is 79.4. The third kappa shape index (κ3) is 5.90. The van der Waals surface area contributed by atoms with Crippen LogP contribution in [0.1, 0.15) is 0 Å². The van der Waals surface area contributed by atoms with E-state index in [2.05, 4.69) is 173 Å². The first-order chi connectivity index (χ1) is 30.8. The van der Waals surface area contributed by atoms with Gasteiger partial charge in [-0.15, -0.1) is 0 Å². The van der Waals surface area contributed by atoms with Crippen LogP contribution in [-0.2, 0) is 0 Å². The summed E-state index contributed by atoms with van der Waals surface area (Å²) in [4.78, 5) is 15.2. The van der Waals surface area contributed by atoms with E-state index < -0.39 is 0 Å². The van der Waals surface area contributed by atoms with Crippen LogP contribution in [0.5, 0.6) is 0 Å². The molecule has 0 bridgehead atoms. The minimum Gasteiger partial charge on any atom is -0.307 e. The normalized spacial score (nSPS) is 11.5. The van der Waals surface area contributed by atoms with Crippen LogP contribution < -0.4 is 0 Å². The average molecular weight is 792 g/mol. The number of aromatic nitrogens is 5. The molecule has 0 amide bonds. The molecule has 0 spiro atoms. The number of rotatable bonds is 7. The van der Waals surface area contributed by atoms with E-state index in [0.717, 1.165) is 61.3 Å². The van der Waals surface area contributed by atoms with Crippen LogP contribution in [0.15, 0.2) is 224 Å². The summed E-state index contributed by atoms with van der Waals surface area (Å²) in [5.41, 5.74) is 14.2. The van der Waals surface area contributed by atoms with Crippen molar-refractivity contribution in [2.75, 3.05) is 0 Å². The smallest absolute Gasteiger partial charge is 0.164 e. The second-order valence-corrected chi connectivity index (χ2v) is 15.6. The van der Waals surface area contributed by atoms with Gasteiger partial charge in [0.05, 0.1) is 22.1 Å². The van der Waals surface area contributed by atoms with Gasteiger partial charge >= 0.3 is 0 Å². The van der Waals surface area contributed by atoms with Gasteiger partial charge in [0.15, 0.2) is 17.5 Å². The summed E-state index contributed by atoms with van der Waals surface area (Å²) >= 11 is 0. The van der Waals surface area contributed by atoms with Gasteiger partial charge in [-0.2, -0.15) is 0 Å². The fraction of sp³-hybridized carbons (Fsp3) is 0. The molecule has 5 nitrogen and oxygen atoms in total. The van der Waals surface area contributed by atoms with Crippen LogP contribution in [-0.4, -0.2) is 24.1 Å². The first-order valence-electron chi connectivity index (χ1n) is 21.0. The molecule has 3 aromatic heterocycles. The lowest BCUT2D eigenvalue weighted by Crippen LogP contribution is -2.00. The van der Waals surface area contributed by atoms with Crippen LogP contribution in [0.25, 0.3) is 111 Å². The Morgan fingerprint density at radius 1 is 0.274 bits per heavy atom. The molecule has 0 aliphatic carbocycles. The Kier molecular flexibility index (Phi) is 8.42. The SMILES string of the molecule is c1ccc(-c2cccc(-n3c4ccccc4c4cc(-c5cccc(-c6nc(-c7ccccc7)nc(-c7ccccc7)n6)c5)c5c6ccccc6n(-c6ccccc6)c5c43)c2)cc1. The molecule has 290 valence electrons. The Morgan fingerprint density at radius 3 is 1.39 bits per heavy atom. The van der Waals surface area contributed by atoms with Gasteiger partial charge in [-0.05, 0) is 70.8 Å². The number of hydrogen-bond donors (Lipinski definition) is 0. The Balaban J connectivity index is 1.17. The Morgan fingerprint density at radius 2 is 0.726 bits per heavy atom. The van der Waals surface area contributed by atoms with Crippen molar-refractivity contribution in [3.63, 3.8) is 0 Å². The van der Waals surface area contributed by atoms with Gasteiger partial charge in [0.2, 0.25) is 0 Å². The molecule has 0 radical (unpaired) electrons. The molecule has 0 aliphatic rings. The van der Waals surface area contributed by atoms with E-state index >= 15 is 0 Å². The Hall–Kier alpha value is -8.41. The number of para-hydroxylation sites is 3. The van der Waals surface area contributed by atoms with Crippen molar-refractivity contribution in [1.82, 2.24) is 24.1 Å². The zero-order valence-corrected chi connectivity index (χ0v) is 33.6. The highest BCUT2D eigenvalue weighted by molar-refractivity contribution is 6.28. The monoisotopic (exact) mass is 791 g/mol. The van der Waals surface area contributed by atoms with E-state index in [0.29, 0.717) is 17.5 Å². The number of benzene rings is 9. The van der Waals surface area contributed by atoms with Crippen molar-refractivity contribution in [3.8, 4) is 67.8 Å². The first-order valence-corrected chi connectivity index (χ1v) is 21.0. The summed E-state index contributed by atoms with van der Waals surface area (Å²) in [6.45, 7) is 0. The van der Waals surface area contributed by atoms with Crippen LogP contribution in [0.4, 0.5) is 0 Å². The largest absolute Gasteiger partial charge is 0.307 e. The Labute approximate surface area is 358 Å². The van der Waals surface area contributed by atoms with E-state index in [1.807, 2.05) is 60.7 Å². The zero-order chi connectivity index (χ0) is 41.0. The zero-order valence-electron chi connectivity index (χ0n) is 33.6. The molecule has 12 aromatic rings. The van der Waals surface area contributed by atoms with Crippen LogP contribution in [0.3, 0.4) is 0 Å². The molecule has 0 unspecified atom stereocenters. The summed E-state index contributed by atoms with van der Waals surface area (Å²) < 4.78 is 4.93. The van der Waals surface area contributed by atoms with Crippen molar-refractivity contribution < 1.29 is 0 Å². The third-order valence-corrected chi connectivity index (χ3v) is 11.9. The fourth-order valence-corrected chi connectivity index (χ4v) is 9.16. The van der Waals surface area contributed by atoms with Gasteiger partial charge < -0.3 is 9.13 Å². The van der Waals surface area contributed by atoms with Gasteiger partial charge in [-0.25, -0.2) is 15.0 Å². The molecule has 0 saturated heterocycles. The topological polar surface area (TPSA) is 48.5 Å². The maximum absolute atomic E-state index is 5.12. The molecule has 12 rings (SSSR count). The van der Waals surface area contributed by atoms with E-state index in [1.54, 1.807) is 0 Å². The molecular formula is C57H37N5. The number of hydrogen-bond acceptors (Lipinski definition) is 3. The van der Waals surface area contributed by atoms with Crippen LogP contribution in [0.2, 0.25) is 0 Å². The molecule has 0 fully saturated rings.